The van der Waals surface area contributed by atoms with Crippen LogP contribution in [-0.2, 0) is 18.6 Å². The number of rotatable bonds is 4. The molecule has 0 saturated carbocycles. The SMILES string of the molecule is Cn1nc(C(C)(C)C)cc1C(=O)N[N+](=O)c1ccc(-c2ccccc2C(F)(F)F)nc1. The summed E-state index contributed by atoms with van der Waals surface area (Å²) >= 11 is 0. The average Bonchev–Trinajstić information content (AvgIpc) is 3.10. The molecule has 0 aliphatic carbocycles. The molecule has 0 aliphatic heterocycles. The molecule has 31 heavy (non-hydrogen) atoms. The maximum atomic E-state index is 13.2. The van der Waals surface area contributed by atoms with Gasteiger partial charge in [0.15, 0.2) is 4.87 Å². The summed E-state index contributed by atoms with van der Waals surface area (Å²) in [5.74, 6) is -0.674. The van der Waals surface area contributed by atoms with Crippen LogP contribution in [0.25, 0.3) is 11.3 Å². The summed E-state index contributed by atoms with van der Waals surface area (Å²) in [4.78, 5) is 29.0. The Morgan fingerprint density at radius 1 is 1.10 bits per heavy atom. The number of hydrazine groups is 1. The van der Waals surface area contributed by atoms with Crippen molar-refractivity contribution >= 4 is 11.6 Å². The molecular formula is C21H21F3N5O2+. The average molecular weight is 432 g/mol. The molecule has 0 spiro atoms. The number of nitroso groups, excluding NO2 is 1. The lowest BCUT2D eigenvalue weighted by atomic mass is 9.92. The molecule has 0 bridgehead atoms. The number of nitrogens with one attached hydrogen (secondary N) is 1. The van der Waals surface area contributed by atoms with Gasteiger partial charge in [-0.3, -0.25) is 9.48 Å². The van der Waals surface area contributed by atoms with Crippen LogP contribution >= 0.6 is 0 Å². The van der Waals surface area contributed by atoms with Crippen LogP contribution in [0.4, 0.5) is 18.9 Å². The number of hydrogen-bond donors (Lipinski definition) is 1. The first kappa shape index (κ1) is 22.1. The van der Waals surface area contributed by atoms with Gasteiger partial charge in [0.2, 0.25) is 0 Å². The van der Waals surface area contributed by atoms with Crippen LogP contribution in [0.1, 0.15) is 42.5 Å². The second-order valence-corrected chi connectivity index (χ2v) is 7.97. The standard InChI is InChI=1S/C21H20F3N5O2/c1-20(2,3)18-11-17(28(4)26-18)19(30)27-29(31)13-9-10-16(25-12-13)14-7-5-6-8-15(14)21(22,23)24/h5-12H,1-4H3/p+1. The number of hydrogen-bond acceptors (Lipinski definition) is 4. The third-order valence-electron chi connectivity index (χ3n) is 4.57. The number of amides is 1. The zero-order valence-corrected chi connectivity index (χ0v) is 17.4. The van der Waals surface area contributed by atoms with Gasteiger partial charge in [-0.2, -0.15) is 18.3 Å². The highest BCUT2D eigenvalue weighted by Gasteiger charge is 2.34. The monoisotopic (exact) mass is 432 g/mol. The Hall–Kier alpha value is -3.56. The molecule has 0 atom stereocenters. The van der Waals surface area contributed by atoms with E-state index in [1.807, 2.05) is 20.8 Å². The fourth-order valence-electron chi connectivity index (χ4n) is 2.88. The summed E-state index contributed by atoms with van der Waals surface area (Å²) in [5.41, 5.74) is 1.85. The summed E-state index contributed by atoms with van der Waals surface area (Å²) in [6.07, 6.45) is -3.44. The molecule has 0 unspecified atom stereocenters. The minimum atomic E-state index is -4.54. The van der Waals surface area contributed by atoms with Crippen molar-refractivity contribution in [3.63, 3.8) is 0 Å². The van der Waals surface area contributed by atoms with Gasteiger partial charge in [-0.05, 0) is 18.2 Å². The van der Waals surface area contributed by atoms with Crippen LogP contribution in [0.3, 0.4) is 0 Å². The summed E-state index contributed by atoms with van der Waals surface area (Å²) in [6.45, 7) is 5.84. The maximum Gasteiger partial charge on any atom is 0.417 e. The normalized spacial score (nSPS) is 12.0. The van der Waals surface area contributed by atoms with Crippen molar-refractivity contribution < 1.29 is 22.8 Å². The number of benzene rings is 1. The number of carbonyl (C=O) groups excluding carboxylic acids is 1. The molecule has 1 N–H and O–H groups in total. The molecule has 1 aromatic carbocycles. The molecule has 1 amide bonds. The Kier molecular flexibility index (Phi) is 5.66. The van der Waals surface area contributed by atoms with Crippen LogP contribution < -0.4 is 5.43 Å². The van der Waals surface area contributed by atoms with Gasteiger partial charge in [0.05, 0.1) is 21.9 Å². The summed E-state index contributed by atoms with van der Waals surface area (Å²) < 4.78 is 41.0. The third-order valence-corrected chi connectivity index (χ3v) is 4.57. The molecule has 2 aromatic heterocycles. The molecule has 162 valence electrons. The molecule has 2 heterocycles. The lowest BCUT2D eigenvalue weighted by Crippen LogP contribution is -2.31. The van der Waals surface area contributed by atoms with Crippen LogP contribution in [0.15, 0.2) is 48.7 Å². The Bertz CT molecular complexity index is 1130. The molecular weight excluding hydrogens is 411 g/mol. The number of alkyl halides is 3. The quantitative estimate of drug-likeness (QED) is 0.484. The second-order valence-electron chi connectivity index (χ2n) is 7.97. The van der Waals surface area contributed by atoms with Crippen molar-refractivity contribution in [2.24, 2.45) is 7.05 Å². The number of aryl methyl sites for hydroxylation is 1. The van der Waals surface area contributed by atoms with E-state index < -0.39 is 17.6 Å². The van der Waals surface area contributed by atoms with E-state index in [1.165, 1.54) is 35.0 Å². The Morgan fingerprint density at radius 2 is 1.77 bits per heavy atom. The van der Waals surface area contributed by atoms with Gasteiger partial charge in [-0.25, -0.2) is 4.98 Å². The first-order valence-electron chi connectivity index (χ1n) is 9.33. The van der Waals surface area contributed by atoms with E-state index in [1.54, 1.807) is 13.1 Å². The van der Waals surface area contributed by atoms with Crippen LogP contribution in [0.2, 0.25) is 0 Å². The molecule has 0 aliphatic rings. The molecule has 0 saturated heterocycles. The predicted molar refractivity (Wildman–Crippen MR) is 107 cm³/mol. The van der Waals surface area contributed by atoms with Gasteiger partial charge in [0.25, 0.3) is 0 Å². The van der Waals surface area contributed by atoms with E-state index in [-0.39, 0.29) is 32.9 Å². The lowest BCUT2D eigenvalue weighted by Gasteiger charge is -2.13. The van der Waals surface area contributed by atoms with Crippen molar-refractivity contribution in [3.05, 3.63) is 70.5 Å². The van der Waals surface area contributed by atoms with Crippen LogP contribution in [0.5, 0.6) is 0 Å². The third kappa shape index (κ3) is 4.79. The highest BCUT2D eigenvalue weighted by molar-refractivity contribution is 5.91. The van der Waals surface area contributed by atoms with E-state index in [0.717, 1.165) is 12.3 Å². The van der Waals surface area contributed by atoms with Gasteiger partial charge < -0.3 is 0 Å². The summed E-state index contributed by atoms with van der Waals surface area (Å²) in [5, 5.41) is 4.29. The molecule has 7 nitrogen and oxygen atoms in total. The zero-order chi connectivity index (χ0) is 23.0. The van der Waals surface area contributed by atoms with E-state index in [0.29, 0.717) is 5.69 Å². The van der Waals surface area contributed by atoms with Crippen molar-refractivity contribution in [1.29, 1.82) is 0 Å². The first-order chi connectivity index (χ1) is 14.4. The predicted octanol–water partition coefficient (Wildman–Crippen LogP) is 4.55. The van der Waals surface area contributed by atoms with Crippen LogP contribution in [-0.4, -0.2) is 25.5 Å². The molecule has 0 fully saturated rings. The molecule has 10 heteroatoms. The summed E-state index contributed by atoms with van der Waals surface area (Å²) in [6, 6.07) is 9.20. The maximum absolute atomic E-state index is 13.2. The Labute approximate surface area is 176 Å². The number of aromatic nitrogens is 3. The van der Waals surface area contributed by atoms with Crippen molar-refractivity contribution in [2.75, 3.05) is 0 Å². The first-order valence-corrected chi connectivity index (χ1v) is 9.33. The number of nitrogens with zero attached hydrogens (tertiary/aromatic N) is 4. The van der Waals surface area contributed by atoms with E-state index in [2.05, 4.69) is 15.5 Å². The Balaban J connectivity index is 1.79. The highest BCUT2D eigenvalue weighted by atomic mass is 19.4. The van der Waals surface area contributed by atoms with Crippen LogP contribution in [0, 0.1) is 4.91 Å². The number of pyridine rings is 1. The van der Waals surface area contributed by atoms with Crippen molar-refractivity contribution in [1.82, 2.24) is 20.2 Å². The number of carbonyl (C=O) groups is 1. The highest BCUT2D eigenvalue weighted by Crippen LogP contribution is 2.36. The number of halogens is 3. The van der Waals surface area contributed by atoms with Crippen molar-refractivity contribution in [2.45, 2.75) is 32.4 Å². The second kappa shape index (κ2) is 7.93. The molecule has 0 radical (unpaired) electrons. The Morgan fingerprint density at radius 3 is 2.32 bits per heavy atom. The van der Waals surface area contributed by atoms with Gasteiger partial charge in [-0.1, -0.05) is 44.4 Å². The smallest absolute Gasteiger partial charge is 0.262 e. The van der Waals surface area contributed by atoms with Gasteiger partial charge in [0, 0.05) is 24.1 Å². The lowest BCUT2D eigenvalue weighted by molar-refractivity contribution is -0.511. The largest absolute Gasteiger partial charge is 0.417 e. The zero-order valence-electron chi connectivity index (χ0n) is 17.4. The minimum absolute atomic E-state index is 0.0418. The topological polar surface area (TPSA) is 79.9 Å². The molecule has 3 rings (SSSR count). The van der Waals surface area contributed by atoms with E-state index >= 15 is 0 Å². The van der Waals surface area contributed by atoms with Gasteiger partial charge in [-0.15, -0.1) is 0 Å². The van der Waals surface area contributed by atoms with Crippen molar-refractivity contribution in [3.8, 4) is 11.3 Å². The molecule has 3 aromatic rings. The van der Waals surface area contributed by atoms with E-state index in [4.69, 9.17) is 0 Å². The van der Waals surface area contributed by atoms with Gasteiger partial charge >= 0.3 is 17.8 Å². The van der Waals surface area contributed by atoms with Gasteiger partial charge in [0.1, 0.15) is 11.9 Å². The minimum Gasteiger partial charge on any atom is -0.262 e. The fraction of sp³-hybridized carbons (Fsp3) is 0.286. The van der Waals surface area contributed by atoms with E-state index in [9.17, 15) is 22.9 Å². The fourth-order valence-corrected chi connectivity index (χ4v) is 2.88. The summed E-state index contributed by atoms with van der Waals surface area (Å²) in [7, 11) is 1.59.